The number of halogens is 2. The van der Waals surface area contributed by atoms with E-state index in [1.807, 2.05) is 11.0 Å². The molecule has 1 aromatic rings. The van der Waals surface area contributed by atoms with Gasteiger partial charge >= 0.3 is 0 Å². The number of carbonyl (C=O) groups excluding carboxylic acids is 1. The number of likely N-dealkylation sites (tertiary alicyclic amines) is 1. The van der Waals surface area contributed by atoms with E-state index < -0.39 is 0 Å². The van der Waals surface area contributed by atoms with Crippen LogP contribution in [0.1, 0.15) is 23.2 Å². The molecule has 0 aromatic heterocycles. The van der Waals surface area contributed by atoms with E-state index in [1.54, 1.807) is 12.1 Å². The summed E-state index contributed by atoms with van der Waals surface area (Å²) >= 11 is 9.25. The van der Waals surface area contributed by atoms with E-state index in [1.165, 1.54) is 0 Å². The van der Waals surface area contributed by atoms with Crippen molar-refractivity contribution in [2.24, 2.45) is 0 Å². The van der Waals surface area contributed by atoms with Crippen LogP contribution in [-0.4, -0.2) is 23.9 Å². The fourth-order valence-corrected chi connectivity index (χ4v) is 2.16. The smallest absolute Gasteiger partial charge is 0.253 e. The Kier molecular flexibility index (Phi) is 3.32. The van der Waals surface area contributed by atoms with Gasteiger partial charge in [-0.3, -0.25) is 4.79 Å². The van der Waals surface area contributed by atoms with Gasteiger partial charge in [0.2, 0.25) is 0 Å². The number of nitrogens with zero attached hydrogens (tertiary/aromatic N) is 1. The topological polar surface area (TPSA) is 20.3 Å². The zero-order valence-corrected chi connectivity index (χ0v) is 10.5. The molecule has 4 heteroatoms. The quantitative estimate of drug-likeness (QED) is 0.776. The van der Waals surface area contributed by atoms with Crippen LogP contribution in [0.15, 0.2) is 22.7 Å². The maximum absolute atomic E-state index is 12.0. The van der Waals surface area contributed by atoms with Gasteiger partial charge in [-0.05, 0) is 47.0 Å². The van der Waals surface area contributed by atoms with Crippen molar-refractivity contribution < 1.29 is 4.79 Å². The molecule has 2 nitrogen and oxygen atoms in total. The van der Waals surface area contributed by atoms with Gasteiger partial charge in [-0.15, -0.1) is 0 Å². The molecule has 0 N–H and O–H groups in total. The number of carbonyl (C=O) groups is 1. The van der Waals surface area contributed by atoms with Crippen molar-refractivity contribution in [1.82, 2.24) is 4.90 Å². The second kappa shape index (κ2) is 4.54. The highest BCUT2D eigenvalue weighted by Crippen LogP contribution is 2.24. The fourth-order valence-electron chi connectivity index (χ4n) is 1.73. The highest BCUT2D eigenvalue weighted by atomic mass is 79.9. The van der Waals surface area contributed by atoms with Crippen LogP contribution in [0.3, 0.4) is 0 Å². The SMILES string of the molecule is O=C(c1ccc(Br)c(Cl)c1)N1CCCC1. The van der Waals surface area contributed by atoms with E-state index >= 15 is 0 Å². The van der Waals surface area contributed by atoms with E-state index in [2.05, 4.69) is 15.9 Å². The van der Waals surface area contributed by atoms with Crippen molar-refractivity contribution in [2.75, 3.05) is 13.1 Å². The molecule has 80 valence electrons. The van der Waals surface area contributed by atoms with Crippen LogP contribution >= 0.6 is 27.5 Å². The lowest BCUT2D eigenvalue weighted by atomic mass is 10.2. The van der Waals surface area contributed by atoms with Crippen molar-refractivity contribution in [3.8, 4) is 0 Å². The van der Waals surface area contributed by atoms with Gasteiger partial charge in [-0.2, -0.15) is 0 Å². The molecule has 1 saturated heterocycles. The molecule has 1 heterocycles. The summed E-state index contributed by atoms with van der Waals surface area (Å²) in [6.45, 7) is 1.74. The second-order valence-corrected chi connectivity index (χ2v) is 4.89. The van der Waals surface area contributed by atoms with Crippen LogP contribution in [0, 0.1) is 0 Å². The van der Waals surface area contributed by atoms with Crippen molar-refractivity contribution in [2.45, 2.75) is 12.8 Å². The fraction of sp³-hybridized carbons (Fsp3) is 0.364. The molecular formula is C11H11BrClNO. The molecule has 0 bridgehead atoms. The van der Waals surface area contributed by atoms with Gasteiger partial charge in [-0.1, -0.05) is 11.6 Å². The first-order chi connectivity index (χ1) is 7.18. The minimum atomic E-state index is 0.0851. The van der Waals surface area contributed by atoms with Crippen LogP contribution in [0.2, 0.25) is 5.02 Å². The third-order valence-corrected chi connectivity index (χ3v) is 3.79. The molecule has 0 radical (unpaired) electrons. The zero-order chi connectivity index (χ0) is 10.8. The van der Waals surface area contributed by atoms with E-state index in [4.69, 9.17) is 11.6 Å². The van der Waals surface area contributed by atoms with Crippen LogP contribution in [0.25, 0.3) is 0 Å². The number of hydrogen-bond donors (Lipinski definition) is 0. The molecule has 1 aliphatic rings. The van der Waals surface area contributed by atoms with E-state index in [-0.39, 0.29) is 5.91 Å². The molecular weight excluding hydrogens is 277 g/mol. The monoisotopic (exact) mass is 287 g/mol. The Morgan fingerprint density at radius 2 is 2.00 bits per heavy atom. The lowest BCUT2D eigenvalue weighted by molar-refractivity contribution is 0.0793. The van der Waals surface area contributed by atoms with Gasteiger partial charge in [0.1, 0.15) is 0 Å². The first-order valence-electron chi connectivity index (χ1n) is 4.93. The van der Waals surface area contributed by atoms with Crippen molar-refractivity contribution in [1.29, 1.82) is 0 Å². The zero-order valence-electron chi connectivity index (χ0n) is 8.17. The summed E-state index contributed by atoms with van der Waals surface area (Å²) in [5, 5.41) is 0.583. The number of amides is 1. The highest BCUT2D eigenvalue weighted by Gasteiger charge is 2.19. The van der Waals surface area contributed by atoms with Crippen LogP contribution < -0.4 is 0 Å². The van der Waals surface area contributed by atoms with Gasteiger partial charge in [0, 0.05) is 23.1 Å². The summed E-state index contributed by atoms with van der Waals surface area (Å²) < 4.78 is 0.821. The lowest BCUT2D eigenvalue weighted by Gasteiger charge is -2.15. The number of rotatable bonds is 1. The van der Waals surface area contributed by atoms with Crippen molar-refractivity contribution in [3.05, 3.63) is 33.3 Å². The Morgan fingerprint density at radius 1 is 1.33 bits per heavy atom. The van der Waals surface area contributed by atoms with Gasteiger partial charge in [0.25, 0.3) is 5.91 Å². The number of benzene rings is 1. The van der Waals surface area contributed by atoms with Crippen LogP contribution in [0.4, 0.5) is 0 Å². The number of hydrogen-bond acceptors (Lipinski definition) is 1. The maximum Gasteiger partial charge on any atom is 0.253 e. The van der Waals surface area contributed by atoms with Crippen molar-refractivity contribution in [3.63, 3.8) is 0 Å². The van der Waals surface area contributed by atoms with Crippen molar-refractivity contribution >= 4 is 33.4 Å². The van der Waals surface area contributed by atoms with E-state index in [0.29, 0.717) is 10.6 Å². The molecule has 1 aromatic carbocycles. The molecule has 0 unspecified atom stereocenters. The van der Waals surface area contributed by atoms with Gasteiger partial charge in [0.05, 0.1) is 5.02 Å². The Labute approximate surface area is 102 Å². The molecule has 1 fully saturated rings. The molecule has 2 rings (SSSR count). The summed E-state index contributed by atoms with van der Waals surface area (Å²) in [6.07, 6.45) is 2.21. The minimum Gasteiger partial charge on any atom is -0.339 e. The predicted octanol–water partition coefficient (Wildman–Crippen LogP) is 3.34. The Balaban J connectivity index is 2.21. The summed E-state index contributed by atoms with van der Waals surface area (Å²) in [4.78, 5) is 13.8. The molecule has 1 amide bonds. The lowest BCUT2D eigenvalue weighted by Crippen LogP contribution is -2.27. The predicted molar refractivity (Wildman–Crippen MR) is 64.3 cm³/mol. The molecule has 0 atom stereocenters. The van der Waals surface area contributed by atoms with Crippen LogP contribution in [-0.2, 0) is 0 Å². The first kappa shape index (κ1) is 11.0. The highest BCUT2D eigenvalue weighted by molar-refractivity contribution is 9.10. The summed E-state index contributed by atoms with van der Waals surface area (Å²) in [5.74, 6) is 0.0851. The molecule has 15 heavy (non-hydrogen) atoms. The second-order valence-electron chi connectivity index (χ2n) is 3.63. The molecule has 1 aliphatic heterocycles. The van der Waals surface area contributed by atoms with Crippen LogP contribution in [0.5, 0.6) is 0 Å². The first-order valence-corrected chi connectivity index (χ1v) is 6.10. The summed E-state index contributed by atoms with van der Waals surface area (Å²) in [5.41, 5.74) is 0.671. The Bertz CT molecular complexity index is 388. The van der Waals surface area contributed by atoms with Gasteiger partial charge < -0.3 is 4.90 Å². The molecule has 0 saturated carbocycles. The van der Waals surface area contributed by atoms with Gasteiger partial charge in [0.15, 0.2) is 0 Å². The Morgan fingerprint density at radius 3 is 2.60 bits per heavy atom. The summed E-state index contributed by atoms with van der Waals surface area (Å²) in [7, 11) is 0. The normalized spacial score (nSPS) is 15.7. The standard InChI is InChI=1S/C11H11BrClNO/c12-9-4-3-8(7-10(9)13)11(15)14-5-1-2-6-14/h3-4,7H,1-2,5-6H2. The van der Waals surface area contributed by atoms with E-state index in [9.17, 15) is 4.79 Å². The maximum atomic E-state index is 12.0. The summed E-state index contributed by atoms with van der Waals surface area (Å²) in [6, 6.07) is 5.33. The Hall–Kier alpha value is -0.540. The average molecular weight is 289 g/mol. The van der Waals surface area contributed by atoms with E-state index in [0.717, 1.165) is 30.4 Å². The minimum absolute atomic E-state index is 0.0851. The average Bonchev–Trinajstić information content (AvgIpc) is 2.74. The largest absolute Gasteiger partial charge is 0.339 e. The third-order valence-electron chi connectivity index (χ3n) is 2.56. The third kappa shape index (κ3) is 2.34. The molecule has 0 spiro atoms. The molecule has 0 aliphatic carbocycles. The van der Waals surface area contributed by atoms with Gasteiger partial charge in [-0.25, -0.2) is 0 Å².